The summed E-state index contributed by atoms with van der Waals surface area (Å²) in [5.74, 6) is 0.893. The standard InChI is InChI=1S/C10H21NO/c1-3-9-4-5-10(6-7-12)11(2)8-9/h9-10,12H,3-8H2,1-2H3. The largest absolute Gasteiger partial charge is 0.396 e. The highest BCUT2D eigenvalue weighted by Crippen LogP contribution is 2.24. The summed E-state index contributed by atoms with van der Waals surface area (Å²) in [5.41, 5.74) is 0. The summed E-state index contributed by atoms with van der Waals surface area (Å²) in [4.78, 5) is 2.41. The number of aliphatic hydroxyl groups excluding tert-OH is 1. The number of nitrogens with zero attached hydrogens (tertiary/aromatic N) is 1. The average molecular weight is 171 g/mol. The minimum Gasteiger partial charge on any atom is -0.396 e. The third kappa shape index (κ3) is 2.46. The van der Waals surface area contributed by atoms with Crippen molar-refractivity contribution in [2.75, 3.05) is 20.2 Å². The van der Waals surface area contributed by atoms with E-state index in [2.05, 4.69) is 18.9 Å². The predicted molar refractivity (Wildman–Crippen MR) is 51.1 cm³/mol. The topological polar surface area (TPSA) is 23.5 Å². The van der Waals surface area contributed by atoms with Crippen molar-refractivity contribution in [2.45, 2.75) is 38.6 Å². The molecule has 0 amide bonds. The van der Waals surface area contributed by atoms with Crippen LogP contribution in [0.25, 0.3) is 0 Å². The van der Waals surface area contributed by atoms with Gasteiger partial charge in [-0.2, -0.15) is 0 Å². The zero-order valence-electron chi connectivity index (χ0n) is 8.29. The van der Waals surface area contributed by atoms with Crippen LogP contribution in [0, 0.1) is 5.92 Å². The molecule has 0 aromatic carbocycles. The second-order valence-corrected chi connectivity index (χ2v) is 3.96. The predicted octanol–water partition coefficient (Wildman–Crippen LogP) is 1.49. The first-order chi connectivity index (χ1) is 5.77. The molecule has 0 saturated carbocycles. The van der Waals surface area contributed by atoms with E-state index in [1.807, 2.05) is 0 Å². The minimum absolute atomic E-state index is 0.339. The first kappa shape index (κ1) is 10.0. The van der Waals surface area contributed by atoms with E-state index in [-0.39, 0.29) is 0 Å². The number of piperidine rings is 1. The molecule has 1 rings (SSSR count). The van der Waals surface area contributed by atoms with E-state index in [1.54, 1.807) is 0 Å². The van der Waals surface area contributed by atoms with Gasteiger partial charge in [0.25, 0.3) is 0 Å². The summed E-state index contributed by atoms with van der Waals surface area (Å²) in [6, 6.07) is 0.637. The Bertz CT molecular complexity index is 127. The molecule has 12 heavy (non-hydrogen) atoms. The van der Waals surface area contributed by atoms with Crippen LogP contribution in [-0.2, 0) is 0 Å². The van der Waals surface area contributed by atoms with E-state index < -0.39 is 0 Å². The van der Waals surface area contributed by atoms with Gasteiger partial charge in [-0.05, 0) is 32.2 Å². The Morgan fingerprint density at radius 1 is 1.42 bits per heavy atom. The van der Waals surface area contributed by atoms with Gasteiger partial charge in [0.15, 0.2) is 0 Å². The summed E-state index contributed by atoms with van der Waals surface area (Å²) in [5, 5.41) is 8.83. The van der Waals surface area contributed by atoms with E-state index in [0.29, 0.717) is 12.6 Å². The van der Waals surface area contributed by atoms with E-state index >= 15 is 0 Å². The number of hydrogen-bond donors (Lipinski definition) is 1. The molecule has 2 atom stereocenters. The summed E-state index contributed by atoms with van der Waals surface area (Å²) in [6.07, 6.45) is 4.88. The molecule has 2 nitrogen and oxygen atoms in total. The number of likely N-dealkylation sites (tertiary alicyclic amines) is 1. The van der Waals surface area contributed by atoms with Gasteiger partial charge in [-0.3, -0.25) is 0 Å². The quantitative estimate of drug-likeness (QED) is 0.695. The Labute approximate surface area is 75.6 Å². The number of rotatable bonds is 3. The van der Waals surface area contributed by atoms with E-state index in [9.17, 15) is 0 Å². The third-order valence-electron chi connectivity index (χ3n) is 3.12. The lowest BCUT2D eigenvalue weighted by Crippen LogP contribution is -2.40. The van der Waals surface area contributed by atoms with Gasteiger partial charge in [0.1, 0.15) is 0 Å². The Morgan fingerprint density at radius 3 is 2.67 bits per heavy atom. The van der Waals surface area contributed by atoms with Crippen molar-refractivity contribution in [2.24, 2.45) is 5.92 Å². The summed E-state index contributed by atoms with van der Waals surface area (Å²) >= 11 is 0. The van der Waals surface area contributed by atoms with Crippen molar-refractivity contribution in [1.29, 1.82) is 0 Å². The Balaban J connectivity index is 2.31. The monoisotopic (exact) mass is 171 g/mol. The SMILES string of the molecule is CCC1CCC(CCO)N(C)C1. The van der Waals surface area contributed by atoms with Gasteiger partial charge >= 0.3 is 0 Å². The highest BCUT2D eigenvalue weighted by Gasteiger charge is 2.23. The number of aliphatic hydroxyl groups is 1. The molecule has 0 aliphatic carbocycles. The second kappa shape index (κ2) is 4.83. The average Bonchev–Trinajstić information content (AvgIpc) is 2.09. The molecule has 1 fully saturated rings. The van der Waals surface area contributed by atoms with Crippen molar-refractivity contribution in [3.8, 4) is 0 Å². The van der Waals surface area contributed by atoms with Crippen molar-refractivity contribution >= 4 is 0 Å². The van der Waals surface area contributed by atoms with Crippen molar-refractivity contribution < 1.29 is 5.11 Å². The molecule has 72 valence electrons. The molecule has 0 radical (unpaired) electrons. The van der Waals surface area contributed by atoms with E-state index in [1.165, 1.54) is 25.8 Å². The molecule has 1 aliphatic heterocycles. The molecule has 1 aliphatic rings. The van der Waals surface area contributed by atoms with Gasteiger partial charge < -0.3 is 10.0 Å². The highest BCUT2D eigenvalue weighted by molar-refractivity contribution is 4.78. The number of hydrogen-bond acceptors (Lipinski definition) is 2. The molecule has 0 spiro atoms. The molecule has 1 saturated heterocycles. The van der Waals surface area contributed by atoms with Crippen LogP contribution in [0.4, 0.5) is 0 Å². The molecule has 1 heterocycles. The fourth-order valence-corrected chi connectivity index (χ4v) is 2.14. The van der Waals surface area contributed by atoms with Crippen molar-refractivity contribution in [3.05, 3.63) is 0 Å². The Hall–Kier alpha value is -0.0800. The maximum absolute atomic E-state index is 8.83. The zero-order chi connectivity index (χ0) is 8.97. The fourth-order valence-electron chi connectivity index (χ4n) is 2.14. The first-order valence-corrected chi connectivity index (χ1v) is 5.09. The van der Waals surface area contributed by atoms with Gasteiger partial charge in [-0.25, -0.2) is 0 Å². The van der Waals surface area contributed by atoms with Crippen molar-refractivity contribution in [3.63, 3.8) is 0 Å². The van der Waals surface area contributed by atoms with Crippen LogP contribution in [0.15, 0.2) is 0 Å². The van der Waals surface area contributed by atoms with Gasteiger partial charge in [-0.1, -0.05) is 13.3 Å². The van der Waals surface area contributed by atoms with Crippen LogP contribution in [0.1, 0.15) is 32.6 Å². The summed E-state index contributed by atoms with van der Waals surface area (Å²) in [7, 11) is 2.18. The first-order valence-electron chi connectivity index (χ1n) is 5.09. The maximum Gasteiger partial charge on any atom is 0.0445 e. The summed E-state index contributed by atoms with van der Waals surface area (Å²) < 4.78 is 0. The molecule has 1 N–H and O–H groups in total. The van der Waals surface area contributed by atoms with Crippen LogP contribution in [-0.4, -0.2) is 36.2 Å². The highest BCUT2D eigenvalue weighted by atomic mass is 16.3. The molecular weight excluding hydrogens is 150 g/mol. The molecule has 2 unspecified atom stereocenters. The molecule has 2 heteroatoms. The van der Waals surface area contributed by atoms with Crippen LogP contribution in [0.5, 0.6) is 0 Å². The van der Waals surface area contributed by atoms with Crippen LogP contribution in [0.2, 0.25) is 0 Å². The lowest BCUT2D eigenvalue weighted by atomic mass is 9.90. The van der Waals surface area contributed by atoms with E-state index in [0.717, 1.165) is 12.3 Å². The Kier molecular flexibility index (Phi) is 4.02. The fraction of sp³-hybridized carbons (Fsp3) is 1.00. The third-order valence-corrected chi connectivity index (χ3v) is 3.12. The smallest absolute Gasteiger partial charge is 0.0445 e. The van der Waals surface area contributed by atoms with Gasteiger partial charge in [0, 0.05) is 19.2 Å². The maximum atomic E-state index is 8.83. The molecule has 0 aromatic rings. The van der Waals surface area contributed by atoms with Gasteiger partial charge in [-0.15, -0.1) is 0 Å². The lowest BCUT2D eigenvalue weighted by molar-refractivity contribution is 0.111. The normalized spacial score (nSPS) is 32.2. The van der Waals surface area contributed by atoms with Gasteiger partial charge in [0.05, 0.1) is 0 Å². The van der Waals surface area contributed by atoms with E-state index in [4.69, 9.17) is 5.11 Å². The second-order valence-electron chi connectivity index (χ2n) is 3.96. The molecular formula is C10H21NO. The minimum atomic E-state index is 0.339. The summed E-state index contributed by atoms with van der Waals surface area (Å²) in [6.45, 7) is 3.83. The van der Waals surface area contributed by atoms with Crippen molar-refractivity contribution in [1.82, 2.24) is 4.90 Å². The van der Waals surface area contributed by atoms with Crippen LogP contribution < -0.4 is 0 Å². The Morgan fingerprint density at radius 2 is 2.17 bits per heavy atom. The van der Waals surface area contributed by atoms with Crippen LogP contribution >= 0.6 is 0 Å². The van der Waals surface area contributed by atoms with Gasteiger partial charge in [0.2, 0.25) is 0 Å². The van der Waals surface area contributed by atoms with Crippen LogP contribution in [0.3, 0.4) is 0 Å². The lowest BCUT2D eigenvalue weighted by Gasteiger charge is -2.36. The zero-order valence-corrected chi connectivity index (χ0v) is 8.29. The molecule has 0 bridgehead atoms. The molecule has 0 aromatic heterocycles.